The molecule has 0 radical (unpaired) electrons. The largest absolute Gasteiger partial charge is 0.310 e. The van der Waals surface area contributed by atoms with E-state index in [0.29, 0.717) is 0 Å². The van der Waals surface area contributed by atoms with Gasteiger partial charge in [-0.25, -0.2) is 0 Å². The lowest BCUT2D eigenvalue weighted by atomic mass is 9.82. The van der Waals surface area contributed by atoms with Gasteiger partial charge in [0.2, 0.25) is 0 Å². The fraction of sp³-hybridized carbons (Fsp3) is 0.0492. The van der Waals surface area contributed by atoms with E-state index in [9.17, 15) is 0 Å². The summed E-state index contributed by atoms with van der Waals surface area (Å²) in [6.07, 6.45) is 1.95. The number of hydrogen-bond acceptors (Lipinski definition) is 2. The molecule has 0 heterocycles. The molecule has 2 heteroatoms. The molecule has 0 saturated carbocycles. The second-order valence-electron chi connectivity index (χ2n) is 16.7. The van der Waals surface area contributed by atoms with Crippen molar-refractivity contribution < 1.29 is 0 Å². The highest BCUT2D eigenvalue weighted by Gasteiger charge is 2.36. The summed E-state index contributed by atoms with van der Waals surface area (Å²) in [5.74, 6) is 0. The van der Waals surface area contributed by atoms with Crippen LogP contribution in [0.3, 0.4) is 0 Å². The molecule has 1 aliphatic rings. The number of nitrogens with zero attached hydrogens (tertiary/aromatic N) is 2. The monoisotopic (exact) mass is 808 g/mol. The van der Waals surface area contributed by atoms with Gasteiger partial charge in [-0.1, -0.05) is 203 Å². The molecule has 9 aromatic rings. The van der Waals surface area contributed by atoms with Crippen molar-refractivity contribution in [3.8, 4) is 44.5 Å². The van der Waals surface area contributed by atoms with E-state index in [-0.39, 0.29) is 5.41 Å². The van der Waals surface area contributed by atoms with E-state index in [2.05, 4.69) is 255 Å². The summed E-state index contributed by atoms with van der Waals surface area (Å²) >= 11 is 0. The van der Waals surface area contributed by atoms with Gasteiger partial charge < -0.3 is 9.80 Å². The van der Waals surface area contributed by atoms with Gasteiger partial charge in [0.15, 0.2) is 0 Å². The van der Waals surface area contributed by atoms with Crippen molar-refractivity contribution in [2.24, 2.45) is 0 Å². The smallest absolute Gasteiger partial charge is 0.0540 e. The summed E-state index contributed by atoms with van der Waals surface area (Å²) in [6, 6.07) is 80.6. The maximum atomic E-state index is 4.42. The third-order valence-corrected chi connectivity index (χ3v) is 12.6. The van der Waals surface area contributed by atoms with Gasteiger partial charge >= 0.3 is 0 Å². The molecule has 0 atom stereocenters. The number of anilines is 5. The van der Waals surface area contributed by atoms with E-state index in [4.69, 9.17) is 0 Å². The maximum absolute atomic E-state index is 4.42. The number of hydrogen-bond donors (Lipinski definition) is 0. The van der Waals surface area contributed by atoms with Crippen molar-refractivity contribution in [3.05, 3.63) is 259 Å². The van der Waals surface area contributed by atoms with Crippen LogP contribution in [-0.2, 0) is 5.41 Å². The first-order chi connectivity index (χ1) is 30.9. The fourth-order valence-corrected chi connectivity index (χ4v) is 9.42. The van der Waals surface area contributed by atoms with Crippen LogP contribution in [0.1, 0.15) is 25.0 Å². The zero-order chi connectivity index (χ0) is 42.9. The number of para-hydroxylation sites is 3. The Morgan fingerprint density at radius 1 is 0.413 bits per heavy atom. The molecule has 302 valence electrons. The highest BCUT2D eigenvalue weighted by molar-refractivity contribution is 5.94. The van der Waals surface area contributed by atoms with Gasteiger partial charge in [-0.15, -0.1) is 0 Å². The summed E-state index contributed by atoms with van der Waals surface area (Å²) in [6.45, 7) is 13.5. The first kappa shape index (κ1) is 39.2. The van der Waals surface area contributed by atoms with Gasteiger partial charge in [0.25, 0.3) is 0 Å². The van der Waals surface area contributed by atoms with Crippen LogP contribution in [0.15, 0.2) is 237 Å². The molecule has 0 N–H and O–H groups in total. The van der Waals surface area contributed by atoms with Gasteiger partial charge in [0.1, 0.15) is 0 Å². The zero-order valence-electron chi connectivity index (χ0n) is 35.7. The predicted molar refractivity (Wildman–Crippen MR) is 268 cm³/mol. The van der Waals surface area contributed by atoms with E-state index in [0.717, 1.165) is 72.4 Å². The van der Waals surface area contributed by atoms with Gasteiger partial charge in [-0.2, -0.15) is 0 Å². The van der Waals surface area contributed by atoms with Gasteiger partial charge in [0, 0.05) is 38.8 Å². The Kier molecular flexibility index (Phi) is 10.3. The van der Waals surface area contributed by atoms with Crippen LogP contribution in [0.4, 0.5) is 28.4 Å². The molecule has 0 amide bonds. The molecule has 0 unspecified atom stereocenters. The Morgan fingerprint density at radius 3 is 1.57 bits per heavy atom. The Morgan fingerprint density at radius 2 is 0.905 bits per heavy atom. The third kappa shape index (κ3) is 7.16. The van der Waals surface area contributed by atoms with Crippen LogP contribution in [0.5, 0.6) is 0 Å². The van der Waals surface area contributed by atoms with E-state index < -0.39 is 0 Å². The Labute approximate surface area is 371 Å². The fourth-order valence-electron chi connectivity index (χ4n) is 9.42. The second kappa shape index (κ2) is 16.5. The van der Waals surface area contributed by atoms with E-state index in [1.165, 1.54) is 27.8 Å². The van der Waals surface area contributed by atoms with Crippen molar-refractivity contribution in [2.45, 2.75) is 19.3 Å². The molecule has 0 bridgehead atoms. The van der Waals surface area contributed by atoms with E-state index in [1.807, 2.05) is 12.1 Å². The van der Waals surface area contributed by atoms with Crippen LogP contribution in [0, 0.1) is 0 Å². The van der Waals surface area contributed by atoms with E-state index >= 15 is 0 Å². The highest BCUT2D eigenvalue weighted by Crippen LogP contribution is 2.51. The highest BCUT2D eigenvalue weighted by atomic mass is 15.2. The molecule has 10 rings (SSSR count). The van der Waals surface area contributed by atoms with Crippen LogP contribution < -0.4 is 20.2 Å². The first-order valence-electron chi connectivity index (χ1n) is 21.7. The molecular formula is C61H48N2. The van der Waals surface area contributed by atoms with Crippen LogP contribution in [0.2, 0.25) is 0 Å². The Bertz CT molecular complexity index is 3220. The molecule has 63 heavy (non-hydrogen) atoms. The van der Waals surface area contributed by atoms with Gasteiger partial charge in [0.05, 0.1) is 17.1 Å². The van der Waals surface area contributed by atoms with Crippen molar-refractivity contribution in [1.82, 2.24) is 0 Å². The Balaban J connectivity index is 1.07. The van der Waals surface area contributed by atoms with Gasteiger partial charge in [-0.3, -0.25) is 0 Å². The third-order valence-electron chi connectivity index (χ3n) is 12.6. The van der Waals surface area contributed by atoms with Crippen LogP contribution in [-0.4, -0.2) is 0 Å². The normalized spacial score (nSPS) is 12.8. The standard InChI is InChI=1S/C61H48N2/c1-5-58(51-25-13-12-20-43(51)2)63(49-38-36-45(37-39-49)44-21-8-6-9-22-44)60-31-19-16-27-53(60)47-34-32-46(33-35-47)52-26-15-18-30-59(52)62(48-23-10-7-11-24-48)50-40-41-55-54-28-14-17-29-56(54)61(3,4)57(55)42-50/h5-42H,1-2H2,3-4H3/b58-51+. The second-order valence-corrected chi connectivity index (χ2v) is 16.7. The number of benzene rings is 9. The van der Waals surface area contributed by atoms with Crippen molar-refractivity contribution in [3.63, 3.8) is 0 Å². The molecule has 0 saturated heterocycles. The minimum absolute atomic E-state index is 0.113. The van der Waals surface area contributed by atoms with E-state index in [1.54, 1.807) is 0 Å². The first-order valence-corrected chi connectivity index (χ1v) is 21.7. The molecule has 0 aromatic heterocycles. The lowest BCUT2D eigenvalue weighted by Gasteiger charge is -2.30. The summed E-state index contributed by atoms with van der Waals surface area (Å²) in [7, 11) is 0. The topological polar surface area (TPSA) is 6.48 Å². The molecule has 9 aromatic carbocycles. The molecule has 1 aliphatic carbocycles. The SMILES string of the molecule is C=C/C(=c1/ccccc1=C)N(c1ccc(-c2ccccc2)cc1)c1ccccc1-c1ccc(-c2ccccc2N(c2ccccc2)c2ccc3c(c2)C(C)(C)c2ccccc2-3)cc1. The number of rotatable bonds is 10. The minimum atomic E-state index is -0.113. The summed E-state index contributed by atoms with van der Waals surface area (Å²) in [5.41, 5.74) is 18.5. The summed E-state index contributed by atoms with van der Waals surface area (Å²) < 4.78 is 0. The average Bonchev–Trinajstić information content (AvgIpc) is 3.57. The lowest BCUT2D eigenvalue weighted by Crippen LogP contribution is -2.31. The van der Waals surface area contributed by atoms with Crippen molar-refractivity contribution in [1.29, 1.82) is 0 Å². The maximum Gasteiger partial charge on any atom is 0.0540 e. The van der Waals surface area contributed by atoms with Crippen LogP contribution >= 0.6 is 0 Å². The summed E-state index contributed by atoms with van der Waals surface area (Å²) in [5, 5.41) is 1.97. The minimum Gasteiger partial charge on any atom is -0.310 e. The van der Waals surface area contributed by atoms with Crippen molar-refractivity contribution in [2.75, 3.05) is 9.80 Å². The summed E-state index contributed by atoms with van der Waals surface area (Å²) in [4.78, 5) is 4.73. The molecular weight excluding hydrogens is 761 g/mol. The lowest BCUT2D eigenvalue weighted by molar-refractivity contribution is 0.660. The van der Waals surface area contributed by atoms with Crippen LogP contribution in [0.25, 0.3) is 56.8 Å². The quantitative estimate of drug-likeness (QED) is 0.136. The molecule has 0 fully saturated rings. The van der Waals surface area contributed by atoms with Crippen molar-refractivity contribution >= 4 is 40.7 Å². The molecule has 0 spiro atoms. The Hall–Kier alpha value is -7.94. The molecule has 0 aliphatic heterocycles. The van der Waals surface area contributed by atoms with Gasteiger partial charge in [-0.05, 0) is 104 Å². The zero-order valence-corrected chi connectivity index (χ0v) is 35.7. The molecule has 2 nitrogen and oxygen atoms in total. The number of fused-ring (bicyclic) bond motifs is 3. The average molecular weight is 809 g/mol. The predicted octanol–water partition coefficient (Wildman–Crippen LogP) is 15.0.